The van der Waals surface area contributed by atoms with E-state index in [1.165, 1.54) is 11.0 Å². The number of carbonyl (C=O) groups excluding carboxylic acids is 2. The molecule has 19 heavy (non-hydrogen) atoms. The quantitative estimate of drug-likeness (QED) is 0.782. The van der Waals surface area contributed by atoms with Crippen LogP contribution in [-0.2, 0) is 9.53 Å². The minimum absolute atomic E-state index is 0.228. The number of nitrogens with zero attached hydrogens (tertiary/aromatic N) is 1. The largest absolute Gasteiger partial charge is 0.446 e. The van der Waals surface area contributed by atoms with E-state index in [2.05, 4.69) is 0 Å². The van der Waals surface area contributed by atoms with Gasteiger partial charge in [-0.05, 0) is 30.4 Å². The number of allylic oxidation sites excluding steroid dienone is 1. The molecule has 0 spiro atoms. The number of benzene rings is 1. The summed E-state index contributed by atoms with van der Waals surface area (Å²) >= 11 is 0. The molecular formula is C15H15NO3. The van der Waals surface area contributed by atoms with Gasteiger partial charge in [0, 0.05) is 0 Å². The lowest BCUT2D eigenvalue weighted by Crippen LogP contribution is -2.32. The molecule has 1 atom stereocenters. The summed E-state index contributed by atoms with van der Waals surface area (Å²) in [7, 11) is 0. The molecule has 3 rings (SSSR count). The fourth-order valence-corrected chi connectivity index (χ4v) is 2.17. The average Bonchev–Trinajstić information content (AvgIpc) is 3.19. The molecule has 98 valence electrons. The van der Waals surface area contributed by atoms with Crippen LogP contribution in [0.15, 0.2) is 42.5 Å². The second kappa shape index (κ2) is 4.88. The molecule has 0 bridgehead atoms. The summed E-state index contributed by atoms with van der Waals surface area (Å²) in [6, 6.07) is 9.17. The summed E-state index contributed by atoms with van der Waals surface area (Å²) in [6.07, 6.45) is 5.10. The van der Waals surface area contributed by atoms with Crippen molar-refractivity contribution in [3.63, 3.8) is 0 Å². The second-order valence-corrected chi connectivity index (χ2v) is 4.91. The molecule has 0 aromatic heterocycles. The molecule has 2 aliphatic rings. The van der Waals surface area contributed by atoms with E-state index < -0.39 is 6.09 Å². The average molecular weight is 257 g/mol. The fourth-order valence-electron chi connectivity index (χ4n) is 2.17. The standard InChI is InChI=1S/C15H15NO3/c17-14(9-8-11-6-7-11)16-13(10-19-15(16)18)12-4-2-1-3-5-12/h1-5,8-9,11,13H,6-7,10H2/t13-/m0/s1. The van der Waals surface area contributed by atoms with Gasteiger partial charge in [-0.25, -0.2) is 9.69 Å². The van der Waals surface area contributed by atoms with Crippen molar-refractivity contribution in [2.45, 2.75) is 18.9 Å². The van der Waals surface area contributed by atoms with Gasteiger partial charge in [-0.2, -0.15) is 0 Å². The normalized spacial score (nSPS) is 22.8. The van der Waals surface area contributed by atoms with E-state index in [1.54, 1.807) is 0 Å². The first kappa shape index (κ1) is 12.0. The Morgan fingerprint density at radius 2 is 2.00 bits per heavy atom. The summed E-state index contributed by atoms with van der Waals surface area (Å²) in [5.41, 5.74) is 0.918. The van der Waals surface area contributed by atoms with Crippen LogP contribution in [0.25, 0.3) is 0 Å². The minimum atomic E-state index is -0.556. The highest BCUT2D eigenvalue weighted by atomic mass is 16.6. The third kappa shape index (κ3) is 2.52. The van der Waals surface area contributed by atoms with Crippen LogP contribution in [0.3, 0.4) is 0 Å². The Bertz CT molecular complexity index is 519. The van der Waals surface area contributed by atoms with Crippen LogP contribution in [0.2, 0.25) is 0 Å². The van der Waals surface area contributed by atoms with Crippen molar-refractivity contribution in [2.24, 2.45) is 5.92 Å². The highest BCUT2D eigenvalue weighted by Crippen LogP contribution is 2.31. The third-order valence-electron chi connectivity index (χ3n) is 3.43. The molecule has 4 nitrogen and oxygen atoms in total. The highest BCUT2D eigenvalue weighted by molar-refractivity contribution is 6.00. The number of hydrogen-bond donors (Lipinski definition) is 0. The Morgan fingerprint density at radius 1 is 1.26 bits per heavy atom. The predicted octanol–water partition coefficient (Wildman–Crippen LogP) is 2.67. The minimum Gasteiger partial charge on any atom is -0.446 e. The molecule has 0 N–H and O–H groups in total. The summed E-state index contributed by atoms with van der Waals surface area (Å²) in [6.45, 7) is 0.228. The van der Waals surface area contributed by atoms with Crippen molar-refractivity contribution in [2.75, 3.05) is 6.61 Å². The molecule has 1 saturated heterocycles. The van der Waals surface area contributed by atoms with Crippen LogP contribution in [0.4, 0.5) is 4.79 Å². The lowest BCUT2D eigenvalue weighted by molar-refractivity contribution is -0.124. The number of ether oxygens (including phenoxy) is 1. The van der Waals surface area contributed by atoms with Gasteiger partial charge in [-0.3, -0.25) is 4.79 Å². The van der Waals surface area contributed by atoms with E-state index in [0.717, 1.165) is 18.4 Å². The third-order valence-corrected chi connectivity index (χ3v) is 3.43. The maximum absolute atomic E-state index is 12.1. The van der Waals surface area contributed by atoms with Gasteiger partial charge in [0.1, 0.15) is 12.6 Å². The van der Waals surface area contributed by atoms with Gasteiger partial charge >= 0.3 is 6.09 Å². The molecule has 1 saturated carbocycles. The van der Waals surface area contributed by atoms with Gasteiger partial charge in [-0.15, -0.1) is 0 Å². The molecule has 0 unspecified atom stereocenters. The van der Waals surface area contributed by atoms with Crippen molar-refractivity contribution >= 4 is 12.0 Å². The highest BCUT2D eigenvalue weighted by Gasteiger charge is 2.37. The van der Waals surface area contributed by atoms with E-state index in [1.807, 2.05) is 36.4 Å². The molecule has 1 aromatic rings. The van der Waals surface area contributed by atoms with Gasteiger partial charge in [0.15, 0.2) is 0 Å². The number of cyclic esters (lactones) is 1. The summed E-state index contributed by atoms with van der Waals surface area (Å²) in [5, 5.41) is 0. The van der Waals surface area contributed by atoms with Gasteiger partial charge in [0.25, 0.3) is 5.91 Å². The van der Waals surface area contributed by atoms with Crippen LogP contribution in [0.1, 0.15) is 24.4 Å². The molecular weight excluding hydrogens is 242 g/mol. The van der Waals surface area contributed by atoms with Crippen molar-refractivity contribution in [1.29, 1.82) is 0 Å². The van der Waals surface area contributed by atoms with Crippen molar-refractivity contribution in [3.8, 4) is 0 Å². The lowest BCUT2D eigenvalue weighted by atomic mass is 10.1. The smallest absolute Gasteiger partial charge is 0.417 e. The number of rotatable bonds is 3. The number of hydrogen-bond acceptors (Lipinski definition) is 3. The first-order chi connectivity index (χ1) is 9.25. The predicted molar refractivity (Wildman–Crippen MR) is 69.2 cm³/mol. The SMILES string of the molecule is O=C(C=CC1CC1)N1C(=O)OC[C@H]1c1ccccc1. The molecule has 0 radical (unpaired) electrons. The molecule has 4 heteroatoms. The van der Waals surface area contributed by atoms with Crippen LogP contribution in [0.5, 0.6) is 0 Å². The zero-order valence-electron chi connectivity index (χ0n) is 10.5. The monoisotopic (exact) mass is 257 g/mol. The number of amides is 2. The Balaban J connectivity index is 1.80. The Kier molecular flexibility index (Phi) is 3.07. The maximum Gasteiger partial charge on any atom is 0.417 e. The Morgan fingerprint density at radius 3 is 2.68 bits per heavy atom. The van der Waals surface area contributed by atoms with Crippen molar-refractivity contribution < 1.29 is 14.3 Å². The van der Waals surface area contributed by atoms with Crippen molar-refractivity contribution in [3.05, 3.63) is 48.0 Å². The zero-order valence-corrected chi connectivity index (χ0v) is 10.5. The first-order valence-corrected chi connectivity index (χ1v) is 6.49. The zero-order chi connectivity index (χ0) is 13.2. The van der Waals surface area contributed by atoms with E-state index in [9.17, 15) is 9.59 Å². The van der Waals surface area contributed by atoms with Crippen molar-refractivity contribution in [1.82, 2.24) is 4.90 Å². The molecule has 1 aromatic carbocycles. The molecule has 2 fully saturated rings. The van der Waals surface area contributed by atoms with E-state index in [0.29, 0.717) is 5.92 Å². The van der Waals surface area contributed by atoms with Crippen LogP contribution in [-0.4, -0.2) is 23.5 Å². The van der Waals surface area contributed by atoms with Gasteiger partial charge in [0.05, 0.1) is 0 Å². The van der Waals surface area contributed by atoms with Gasteiger partial charge < -0.3 is 4.74 Å². The summed E-state index contributed by atoms with van der Waals surface area (Å²) in [5.74, 6) is 0.223. The lowest BCUT2D eigenvalue weighted by Gasteiger charge is -2.18. The van der Waals surface area contributed by atoms with E-state index in [4.69, 9.17) is 4.74 Å². The molecule has 1 aliphatic carbocycles. The maximum atomic E-state index is 12.1. The summed E-state index contributed by atoms with van der Waals surface area (Å²) in [4.78, 5) is 25.0. The van der Waals surface area contributed by atoms with Gasteiger partial charge in [-0.1, -0.05) is 36.4 Å². The molecule has 1 heterocycles. The van der Waals surface area contributed by atoms with Crippen LogP contribution in [0, 0.1) is 5.92 Å². The molecule has 2 amide bonds. The number of carbonyl (C=O) groups is 2. The number of imide groups is 1. The van der Waals surface area contributed by atoms with Crippen LogP contribution >= 0.6 is 0 Å². The van der Waals surface area contributed by atoms with Crippen LogP contribution < -0.4 is 0 Å². The van der Waals surface area contributed by atoms with Gasteiger partial charge in [0.2, 0.25) is 0 Å². The van der Waals surface area contributed by atoms with E-state index >= 15 is 0 Å². The molecule has 1 aliphatic heterocycles. The summed E-state index contributed by atoms with van der Waals surface area (Å²) < 4.78 is 5.01. The van der Waals surface area contributed by atoms with E-state index in [-0.39, 0.29) is 18.6 Å². The Hall–Kier alpha value is -2.10. The fraction of sp³-hybridized carbons (Fsp3) is 0.333. The Labute approximate surface area is 111 Å². The topological polar surface area (TPSA) is 46.6 Å². The second-order valence-electron chi connectivity index (χ2n) is 4.91. The first-order valence-electron chi connectivity index (χ1n) is 6.49.